The fourth-order valence-electron chi connectivity index (χ4n) is 3.37. The van der Waals surface area contributed by atoms with Crippen LogP contribution in [0.25, 0.3) is 11.1 Å². The summed E-state index contributed by atoms with van der Waals surface area (Å²) in [5, 5.41) is 0. The zero-order valence-corrected chi connectivity index (χ0v) is 16.5. The number of rotatable bonds is 7. The molecule has 0 atom stereocenters. The van der Waals surface area contributed by atoms with E-state index in [9.17, 15) is 9.59 Å². The van der Waals surface area contributed by atoms with Crippen LogP contribution in [-0.2, 0) is 14.3 Å². The Balaban J connectivity index is 1.69. The first kappa shape index (κ1) is 20.0. The van der Waals surface area contributed by atoms with Crippen LogP contribution in [-0.4, -0.2) is 75.1 Å². The quantitative estimate of drug-likeness (QED) is 0.737. The van der Waals surface area contributed by atoms with Crippen molar-refractivity contribution in [3.8, 4) is 11.1 Å². The molecule has 1 aliphatic rings. The van der Waals surface area contributed by atoms with Gasteiger partial charge in [0.15, 0.2) is 0 Å². The van der Waals surface area contributed by atoms with Gasteiger partial charge < -0.3 is 14.5 Å². The molecule has 0 unspecified atom stereocenters. The number of benzene rings is 2. The first-order valence-corrected chi connectivity index (χ1v) is 9.50. The second kappa shape index (κ2) is 9.48. The van der Waals surface area contributed by atoms with Crippen LogP contribution < -0.4 is 4.90 Å². The summed E-state index contributed by atoms with van der Waals surface area (Å²) in [6.45, 7) is 2.69. The molecule has 0 spiro atoms. The molecule has 1 aliphatic heterocycles. The van der Waals surface area contributed by atoms with Crippen molar-refractivity contribution in [2.45, 2.75) is 0 Å². The number of hydrogen-bond donors (Lipinski definition) is 0. The fourth-order valence-corrected chi connectivity index (χ4v) is 3.37. The molecule has 0 aromatic heterocycles. The minimum Gasteiger partial charge on any atom is -0.383 e. The number of carbonyl (C=O) groups excluding carboxylic acids is 2. The maximum atomic E-state index is 12.8. The Morgan fingerprint density at radius 3 is 2.50 bits per heavy atom. The number of ether oxygens (including phenoxy) is 1. The van der Waals surface area contributed by atoms with E-state index in [2.05, 4.69) is 0 Å². The third-order valence-corrected chi connectivity index (χ3v) is 4.94. The highest BCUT2D eigenvalue weighted by Crippen LogP contribution is 2.31. The Bertz CT molecular complexity index is 810. The average Bonchev–Trinajstić information content (AvgIpc) is 2.73. The van der Waals surface area contributed by atoms with Gasteiger partial charge in [0.05, 0.1) is 18.8 Å². The van der Waals surface area contributed by atoms with E-state index in [1.54, 1.807) is 16.9 Å². The van der Waals surface area contributed by atoms with Gasteiger partial charge in [-0.05, 0) is 18.7 Å². The van der Waals surface area contributed by atoms with E-state index in [0.717, 1.165) is 16.8 Å². The Kier molecular flexibility index (Phi) is 6.79. The summed E-state index contributed by atoms with van der Waals surface area (Å²) in [5.41, 5.74) is 2.99. The third kappa shape index (κ3) is 4.77. The van der Waals surface area contributed by atoms with E-state index in [4.69, 9.17) is 4.74 Å². The lowest BCUT2D eigenvalue weighted by atomic mass is 10.0. The summed E-state index contributed by atoms with van der Waals surface area (Å²) in [6.07, 6.45) is 0. The smallest absolute Gasteiger partial charge is 0.246 e. The number of likely N-dealkylation sites (N-methyl/N-ethyl adjacent to an activating group) is 1. The van der Waals surface area contributed by atoms with E-state index in [1.165, 1.54) is 0 Å². The minimum atomic E-state index is -0.0532. The molecule has 0 aliphatic carbocycles. The average molecular weight is 381 g/mol. The first-order valence-electron chi connectivity index (χ1n) is 9.50. The van der Waals surface area contributed by atoms with Crippen molar-refractivity contribution in [2.24, 2.45) is 0 Å². The van der Waals surface area contributed by atoms with Gasteiger partial charge in [-0.15, -0.1) is 0 Å². The van der Waals surface area contributed by atoms with Gasteiger partial charge in [0.1, 0.15) is 6.54 Å². The summed E-state index contributed by atoms with van der Waals surface area (Å²) in [7, 11) is 3.52. The lowest BCUT2D eigenvalue weighted by molar-refractivity contribution is -0.137. The van der Waals surface area contributed by atoms with Crippen LogP contribution in [0, 0.1) is 0 Å². The number of methoxy groups -OCH3 is 1. The Hall–Kier alpha value is -2.70. The molecule has 0 N–H and O–H groups in total. The highest BCUT2D eigenvalue weighted by atomic mass is 16.5. The van der Waals surface area contributed by atoms with Crippen molar-refractivity contribution in [1.82, 2.24) is 9.80 Å². The molecule has 6 nitrogen and oxygen atoms in total. The van der Waals surface area contributed by atoms with Crippen molar-refractivity contribution < 1.29 is 14.3 Å². The highest BCUT2D eigenvalue weighted by Gasteiger charge is 2.29. The molecule has 0 saturated carbocycles. The van der Waals surface area contributed by atoms with Gasteiger partial charge in [0, 0.05) is 32.3 Å². The van der Waals surface area contributed by atoms with Crippen molar-refractivity contribution in [3.63, 3.8) is 0 Å². The fraction of sp³-hybridized carbons (Fsp3) is 0.364. The predicted molar refractivity (Wildman–Crippen MR) is 110 cm³/mol. The van der Waals surface area contributed by atoms with Crippen molar-refractivity contribution in [3.05, 3.63) is 54.6 Å². The molecule has 1 fully saturated rings. The minimum absolute atomic E-state index is 0.0250. The third-order valence-electron chi connectivity index (χ3n) is 4.94. The van der Waals surface area contributed by atoms with Crippen LogP contribution in [0.1, 0.15) is 0 Å². The number of carbonyl (C=O) groups is 2. The molecule has 28 heavy (non-hydrogen) atoms. The van der Waals surface area contributed by atoms with E-state index in [0.29, 0.717) is 26.2 Å². The van der Waals surface area contributed by atoms with Crippen LogP contribution >= 0.6 is 0 Å². The second-order valence-electron chi connectivity index (χ2n) is 6.97. The topological polar surface area (TPSA) is 53.1 Å². The monoisotopic (exact) mass is 381 g/mol. The van der Waals surface area contributed by atoms with E-state index in [-0.39, 0.29) is 24.9 Å². The molecule has 1 saturated heterocycles. The van der Waals surface area contributed by atoms with Gasteiger partial charge in [-0.25, -0.2) is 0 Å². The van der Waals surface area contributed by atoms with Crippen LogP contribution in [0.4, 0.5) is 5.69 Å². The van der Waals surface area contributed by atoms with Gasteiger partial charge in [-0.2, -0.15) is 0 Å². The van der Waals surface area contributed by atoms with E-state index < -0.39 is 0 Å². The second-order valence-corrected chi connectivity index (χ2v) is 6.97. The van der Waals surface area contributed by atoms with Gasteiger partial charge >= 0.3 is 0 Å². The molecule has 2 aromatic carbocycles. The highest BCUT2D eigenvalue weighted by molar-refractivity contribution is 6.01. The predicted octanol–water partition coefficient (Wildman–Crippen LogP) is 2.11. The number of para-hydroxylation sites is 1. The van der Waals surface area contributed by atoms with Crippen molar-refractivity contribution in [2.75, 3.05) is 58.4 Å². The Labute approximate surface area is 166 Å². The van der Waals surface area contributed by atoms with Crippen LogP contribution in [0.2, 0.25) is 0 Å². The molecule has 0 bridgehead atoms. The Morgan fingerprint density at radius 1 is 1.07 bits per heavy atom. The van der Waals surface area contributed by atoms with E-state index >= 15 is 0 Å². The Morgan fingerprint density at radius 2 is 1.79 bits per heavy atom. The number of anilines is 1. The van der Waals surface area contributed by atoms with Gasteiger partial charge in [0.25, 0.3) is 0 Å². The molecule has 0 radical (unpaired) electrons. The zero-order valence-electron chi connectivity index (χ0n) is 16.5. The molecule has 1 heterocycles. The number of amides is 2. The summed E-state index contributed by atoms with van der Waals surface area (Å²) in [4.78, 5) is 30.7. The number of nitrogens with zero attached hydrogens (tertiary/aromatic N) is 3. The van der Waals surface area contributed by atoms with Crippen molar-refractivity contribution in [1.29, 1.82) is 0 Å². The molecular formula is C22H27N3O3. The van der Waals surface area contributed by atoms with Crippen molar-refractivity contribution >= 4 is 17.5 Å². The molecule has 148 valence electrons. The maximum absolute atomic E-state index is 12.8. The molecule has 3 rings (SSSR count). The van der Waals surface area contributed by atoms with Crippen LogP contribution in [0.15, 0.2) is 54.6 Å². The largest absolute Gasteiger partial charge is 0.383 e. The number of hydrogen-bond acceptors (Lipinski definition) is 4. The molecule has 6 heteroatoms. The first-order chi connectivity index (χ1) is 13.6. The number of piperazine rings is 1. The SMILES string of the molecule is COCCN(C)CC(=O)N1CCN(c2ccccc2-c2ccccc2)C(=O)C1. The summed E-state index contributed by atoms with van der Waals surface area (Å²) < 4.78 is 5.04. The van der Waals surface area contributed by atoms with Gasteiger partial charge in [-0.3, -0.25) is 14.5 Å². The molecular weight excluding hydrogens is 354 g/mol. The lowest BCUT2D eigenvalue weighted by Crippen LogP contribution is -2.54. The lowest BCUT2D eigenvalue weighted by Gasteiger charge is -2.36. The summed E-state index contributed by atoms with van der Waals surface area (Å²) in [6, 6.07) is 18.0. The normalized spacial score (nSPS) is 14.6. The summed E-state index contributed by atoms with van der Waals surface area (Å²) >= 11 is 0. The molecule has 2 aromatic rings. The van der Waals surface area contributed by atoms with Gasteiger partial charge in [-0.1, -0.05) is 48.5 Å². The van der Waals surface area contributed by atoms with Gasteiger partial charge in [0.2, 0.25) is 11.8 Å². The maximum Gasteiger partial charge on any atom is 0.246 e. The summed E-state index contributed by atoms with van der Waals surface area (Å²) in [5.74, 6) is -0.0783. The standard InChI is InChI=1S/C22H27N3O3/c1-23(14-15-28-2)16-21(26)24-12-13-25(22(27)17-24)20-11-7-6-10-19(20)18-8-4-3-5-9-18/h3-11H,12-17H2,1-2H3. The van der Waals surface area contributed by atoms with Crippen LogP contribution in [0.5, 0.6) is 0 Å². The van der Waals surface area contributed by atoms with E-state index in [1.807, 2.05) is 66.5 Å². The molecule has 2 amide bonds. The zero-order chi connectivity index (χ0) is 19.9. The van der Waals surface area contributed by atoms with Crippen LogP contribution in [0.3, 0.4) is 0 Å².